The van der Waals surface area contributed by atoms with Crippen LogP contribution < -0.4 is 10.2 Å². The lowest BCUT2D eigenvalue weighted by Gasteiger charge is -2.19. The Morgan fingerprint density at radius 3 is 2.81 bits per heavy atom. The van der Waals surface area contributed by atoms with Crippen LogP contribution in [0, 0.1) is 11.6 Å². The van der Waals surface area contributed by atoms with Gasteiger partial charge in [0, 0.05) is 11.4 Å². The van der Waals surface area contributed by atoms with Gasteiger partial charge in [-0.15, -0.1) is 11.3 Å². The number of nitrogens with zero attached hydrogens (tertiary/aromatic N) is 3. The van der Waals surface area contributed by atoms with Gasteiger partial charge >= 0.3 is 0 Å². The second-order valence-electron chi connectivity index (χ2n) is 6.81. The SMILES string of the molecule is O=C1C(Nc2ncnc3sc4c(c23)CCC4)CCN1c1c(F)cccc1F. The highest BCUT2D eigenvalue weighted by molar-refractivity contribution is 7.19. The molecule has 8 heteroatoms. The minimum Gasteiger partial charge on any atom is -0.358 e. The van der Waals surface area contributed by atoms with Gasteiger partial charge in [-0.05, 0) is 43.4 Å². The van der Waals surface area contributed by atoms with Crippen molar-refractivity contribution in [2.75, 3.05) is 16.8 Å². The molecule has 1 atom stereocenters. The first-order valence-corrected chi connectivity index (χ1v) is 9.72. The van der Waals surface area contributed by atoms with Crippen LogP contribution in [0.15, 0.2) is 24.5 Å². The maximum absolute atomic E-state index is 14.1. The number of halogens is 2. The Hall–Kier alpha value is -2.61. The molecule has 0 spiro atoms. The molecule has 0 bridgehead atoms. The van der Waals surface area contributed by atoms with Crippen LogP contribution in [0.5, 0.6) is 0 Å². The van der Waals surface area contributed by atoms with E-state index in [0.717, 1.165) is 41.6 Å². The Labute approximate surface area is 158 Å². The van der Waals surface area contributed by atoms with Gasteiger partial charge in [0.2, 0.25) is 5.91 Å². The molecule has 3 aromatic rings. The summed E-state index contributed by atoms with van der Waals surface area (Å²) in [6.07, 6.45) is 5.10. The minimum absolute atomic E-state index is 0.254. The van der Waals surface area contributed by atoms with Crippen LogP contribution in [0.3, 0.4) is 0 Å². The van der Waals surface area contributed by atoms with E-state index in [4.69, 9.17) is 0 Å². The molecule has 1 unspecified atom stereocenters. The zero-order chi connectivity index (χ0) is 18.5. The average Bonchev–Trinajstić information content (AvgIpc) is 3.32. The van der Waals surface area contributed by atoms with Crippen LogP contribution in [0.25, 0.3) is 10.2 Å². The molecule has 1 amide bonds. The number of carbonyl (C=O) groups is 1. The molecular formula is C19H16F2N4OS. The molecule has 0 saturated carbocycles. The lowest BCUT2D eigenvalue weighted by molar-refractivity contribution is -0.117. The van der Waals surface area contributed by atoms with Crippen LogP contribution in [0.4, 0.5) is 20.3 Å². The zero-order valence-electron chi connectivity index (χ0n) is 14.3. The lowest BCUT2D eigenvalue weighted by Crippen LogP contribution is -2.34. The highest BCUT2D eigenvalue weighted by Gasteiger charge is 2.36. The first-order valence-electron chi connectivity index (χ1n) is 8.90. The number of carbonyl (C=O) groups excluding carboxylic acids is 1. The van der Waals surface area contributed by atoms with Gasteiger partial charge in [-0.2, -0.15) is 0 Å². The lowest BCUT2D eigenvalue weighted by atomic mass is 10.1. The number of benzene rings is 1. The van der Waals surface area contributed by atoms with Crippen molar-refractivity contribution in [2.24, 2.45) is 0 Å². The summed E-state index contributed by atoms with van der Waals surface area (Å²) in [6.45, 7) is 0.254. The van der Waals surface area contributed by atoms with Gasteiger partial charge in [0.25, 0.3) is 0 Å². The summed E-state index contributed by atoms with van der Waals surface area (Å²) in [4.78, 5) is 25.0. The van der Waals surface area contributed by atoms with Crippen LogP contribution in [-0.4, -0.2) is 28.5 Å². The van der Waals surface area contributed by atoms with Gasteiger partial charge in [0.15, 0.2) is 0 Å². The summed E-state index contributed by atoms with van der Waals surface area (Å²) >= 11 is 1.67. The number of hydrogen-bond donors (Lipinski definition) is 1. The number of thiophene rings is 1. The molecule has 2 aromatic heterocycles. The highest BCUT2D eigenvalue weighted by atomic mass is 32.1. The Morgan fingerprint density at radius 1 is 1.19 bits per heavy atom. The fraction of sp³-hybridized carbons (Fsp3) is 0.316. The van der Waals surface area contributed by atoms with Crippen molar-refractivity contribution >= 4 is 39.0 Å². The van der Waals surface area contributed by atoms with Gasteiger partial charge in [-0.3, -0.25) is 4.79 Å². The molecule has 1 aliphatic carbocycles. The van der Waals surface area contributed by atoms with E-state index in [0.29, 0.717) is 12.2 Å². The van der Waals surface area contributed by atoms with Crippen molar-refractivity contribution < 1.29 is 13.6 Å². The van der Waals surface area contributed by atoms with Crippen LogP contribution in [0.2, 0.25) is 0 Å². The molecule has 3 heterocycles. The number of rotatable bonds is 3. The first-order chi connectivity index (χ1) is 13.1. The summed E-state index contributed by atoms with van der Waals surface area (Å²) in [6, 6.07) is 3.04. The fourth-order valence-corrected chi connectivity index (χ4v) is 5.21. The normalized spacial score (nSPS) is 19.1. The van der Waals surface area contributed by atoms with Gasteiger partial charge < -0.3 is 10.2 Å². The minimum atomic E-state index is -0.732. The number of aromatic nitrogens is 2. The van der Waals surface area contributed by atoms with Gasteiger partial charge in [-0.1, -0.05) is 6.07 Å². The summed E-state index contributed by atoms with van der Waals surface area (Å²) < 4.78 is 28.1. The van der Waals surface area contributed by atoms with E-state index in [1.165, 1.54) is 27.7 Å². The number of nitrogens with one attached hydrogen (secondary N) is 1. The number of fused-ring (bicyclic) bond motifs is 3. The second-order valence-corrected chi connectivity index (χ2v) is 7.89. The zero-order valence-corrected chi connectivity index (χ0v) is 15.2. The predicted octanol–water partition coefficient (Wildman–Crippen LogP) is 3.68. The largest absolute Gasteiger partial charge is 0.358 e. The molecule has 1 N–H and O–H groups in total. The van der Waals surface area contributed by atoms with Gasteiger partial charge in [0.05, 0.1) is 5.39 Å². The third-order valence-corrected chi connectivity index (χ3v) is 6.43. The van der Waals surface area contributed by atoms with Crippen LogP contribution in [-0.2, 0) is 17.6 Å². The monoisotopic (exact) mass is 386 g/mol. The molecule has 1 fully saturated rings. The quantitative estimate of drug-likeness (QED) is 0.746. The maximum Gasteiger partial charge on any atom is 0.249 e. The molecule has 5 rings (SSSR count). The highest BCUT2D eigenvalue weighted by Crippen LogP contribution is 2.39. The Balaban J connectivity index is 1.46. The number of para-hydroxylation sites is 1. The fourth-order valence-electron chi connectivity index (χ4n) is 3.99. The average molecular weight is 386 g/mol. The number of anilines is 2. The summed E-state index contributed by atoms with van der Waals surface area (Å²) in [7, 11) is 0. The summed E-state index contributed by atoms with van der Waals surface area (Å²) in [5.74, 6) is -1.18. The van der Waals surface area contributed by atoms with Crippen molar-refractivity contribution in [1.82, 2.24) is 9.97 Å². The van der Waals surface area contributed by atoms with Crippen molar-refractivity contribution in [2.45, 2.75) is 31.7 Å². The van der Waals surface area contributed by atoms with E-state index in [1.54, 1.807) is 11.3 Å². The maximum atomic E-state index is 14.1. The van der Waals surface area contributed by atoms with E-state index in [1.807, 2.05) is 0 Å². The predicted molar refractivity (Wildman–Crippen MR) is 100 cm³/mol. The molecule has 0 radical (unpaired) electrons. The molecule has 1 aliphatic heterocycles. The van der Waals surface area contributed by atoms with E-state index in [9.17, 15) is 13.6 Å². The van der Waals surface area contributed by atoms with Gasteiger partial charge in [0.1, 0.15) is 40.3 Å². The molecule has 138 valence electrons. The Morgan fingerprint density at radius 2 is 2.00 bits per heavy atom. The molecule has 2 aliphatic rings. The number of aryl methyl sites for hydroxylation is 2. The molecular weight excluding hydrogens is 370 g/mol. The first kappa shape index (κ1) is 16.6. The molecule has 5 nitrogen and oxygen atoms in total. The van der Waals surface area contributed by atoms with Gasteiger partial charge in [-0.25, -0.2) is 18.7 Å². The second kappa shape index (κ2) is 6.23. The molecule has 27 heavy (non-hydrogen) atoms. The van der Waals surface area contributed by atoms with E-state index in [2.05, 4.69) is 15.3 Å². The van der Waals surface area contributed by atoms with Crippen LogP contribution >= 0.6 is 11.3 Å². The number of hydrogen-bond acceptors (Lipinski definition) is 5. The van der Waals surface area contributed by atoms with E-state index >= 15 is 0 Å². The van der Waals surface area contributed by atoms with Crippen molar-refractivity contribution in [1.29, 1.82) is 0 Å². The third kappa shape index (κ3) is 2.58. The van der Waals surface area contributed by atoms with Crippen molar-refractivity contribution in [3.8, 4) is 0 Å². The standard InChI is InChI=1S/C19H16F2N4OS/c20-11-4-2-5-12(21)16(11)25-8-7-13(19(25)26)24-17-15-10-3-1-6-14(10)27-18(15)23-9-22-17/h2,4-5,9,13H,1,3,6-8H2,(H,22,23,24). The van der Waals surface area contributed by atoms with Crippen molar-refractivity contribution in [3.63, 3.8) is 0 Å². The topological polar surface area (TPSA) is 58.1 Å². The van der Waals surface area contributed by atoms with Crippen LogP contribution in [0.1, 0.15) is 23.3 Å². The van der Waals surface area contributed by atoms with Crippen molar-refractivity contribution in [3.05, 3.63) is 46.6 Å². The summed E-state index contributed by atoms with van der Waals surface area (Å²) in [5, 5.41) is 4.19. The Kier molecular flexibility index (Phi) is 3.82. The summed E-state index contributed by atoms with van der Waals surface area (Å²) in [5.41, 5.74) is 0.983. The Bertz CT molecular complexity index is 1050. The van der Waals surface area contributed by atoms with E-state index < -0.39 is 17.7 Å². The molecule has 1 saturated heterocycles. The molecule has 1 aromatic carbocycles. The third-order valence-electron chi connectivity index (χ3n) is 5.23. The smallest absolute Gasteiger partial charge is 0.249 e. The van der Waals surface area contributed by atoms with E-state index in [-0.39, 0.29) is 18.1 Å². The number of amides is 1.